The highest BCUT2D eigenvalue weighted by Gasteiger charge is 2.11. The summed E-state index contributed by atoms with van der Waals surface area (Å²) in [5.74, 6) is 1.01. The van der Waals surface area contributed by atoms with Crippen molar-refractivity contribution in [2.75, 3.05) is 6.61 Å². The van der Waals surface area contributed by atoms with Crippen LogP contribution >= 0.6 is 32.9 Å². The lowest BCUT2D eigenvalue weighted by Gasteiger charge is -2.12. The van der Waals surface area contributed by atoms with E-state index in [9.17, 15) is 0 Å². The van der Waals surface area contributed by atoms with E-state index in [0.29, 0.717) is 6.61 Å². The minimum absolute atomic E-state index is 0.706. The maximum Gasteiger partial charge on any atom is 0.125 e. The lowest BCUT2D eigenvalue weighted by atomic mass is 10.0. The summed E-state index contributed by atoms with van der Waals surface area (Å²) in [5.41, 5.74) is 4.86. The molecule has 0 aliphatic heterocycles. The lowest BCUT2D eigenvalue weighted by molar-refractivity contribution is 0.335. The molecule has 0 N–H and O–H groups in total. The van der Waals surface area contributed by atoms with Crippen molar-refractivity contribution in [3.63, 3.8) is 0 Å². The molecule has 0 saturated carbocycles. The highest BCUT2D eigenvalue weighted by molar-refractivity contribution is 7.80. The van der Waals surface area contributed by atoms with Gasteiger partial charge in [0.1, 0.15) is 9.57 Å². The minimum Gasteiger partial charge on any atom is -0.493 e. The predicted molar refractivity (Wildman–Crippen MR) is 83.8 cm³/mol. The van der Waals surface area contributed by atoms with E-state index >= 15 is 0 Å². The molecule has 0 aliphatic rings. The van der Waals surface area contributed by atoms with Gasteiger partial charge in [-0.05, 0) is 62.1 Å². The molecule has 0 saturated heterocycles. The zero-order valence-corrected chi connectivity index (χ0v) is 13.4. The fourth-order valence-corrected chi connectivity index (χ4v) is 4.90. The maximum absolute atomic E-state index is 5.68. The molecule has 1 aromatic heterocycles. The SMILES string of the molecule is CCOc1c(C)cc(-c2ssc(=S)c2C)cc1C. The van der Waals surface area contributed by atoms with Crippen LogP contribution in [0.3, 0.4) is 0 Å². The van der Waals surface area contributed by atoms with Crippen molar-refractivity contribution < 1.29 is 4.74 Å². The standard InChI is InChI=1S/C14H16OS3/c1-5-15-12-8(2)6-11(7-9(12)3)13-10(4)14(16)18-17-13/h6-7H,5H2,1-4H3. The summed E-state index contributed by atoms with van der Waals surface area (Å²) in [6.07, 6.45) is 0. The van der Waals surface area contributed by atoms with Crippen LogP contribution in [0.15, 0.2) is 12.1 Å². The topological polar surface area (TPSA) is 9.23 Å². The molecule has 96 valence electrons. The van der Waals surface area contributed by atoms with Gasteiger partial charge in [0.2, 0.25) is 0 Å². The van der Waals surface area contributed by atoms with Crippen molar-refractivity contribution >= 4 is 32.9 Å². The third kappa shape index (κ3) is 2.51. The molecule has 0 unspecified atom stereocenters. The molecule has 0 amide bonds. The Morgan fingerprint density at radius 1 is 1.11 bits per heavy atom. The van der Waals surface area contributed by atoms with Crippen LogP contribution in [0.4, 0.5) is 0 Å². The second-order valence-electron chi connectivity index (χ2n) is 4.28. The van der Waals surface area contributed by atoms with Crippen molar-refractivity contribution in [2.24, 2.45) is 0 Å². The Labute approximate surface area is 120 Å². The fourth-order valence-electron chi connectivity index (χ4n) is 2.02. The molecular weight excluding hydrogens is 280 g/mol. The first kappa shape index (κ1) is 13.7. The Bertz CT molecular complexity index is 599. The van der Waals surface area contributed by atoms with E-state index in [-0.39, 0.29) is 0 Å². The molecule has 0 fully saturated rings. The molecule has 2 rings (SSSR count). The van der Waals surface area contributed by atoms with Gasteiger partial charge in [0.05, 0.1) is 11.5 Å². The summed E-state index contributed by atoms with van der Waals surface area (Å²) in [4.78, 5) is 1.29. The first-order valence-electron chi connectivity index (χ1n) is 5.88. The van der Waals surface area contributed by atoms with Gasteiger partial charge in [-0.15, -0.1) is 0 Å². The van der Waals surface area contributed by atoms with Crippen molar-refractivity contribution in [3.05, 3.63) is 32.6 Å². The van der Waals surface area contributed by atoms with Gasteiger partial charge in [-0.25, -0.2) is 0 Å². The molecule has 0 bridgehead atoms. The average Bonchev–Trinajstić information content (AvgIpc) is 2.65. The van der Waals surface area contributed by atoms with E-state index in [2.05, 4.69) is 32.9 Å². The molecule has 1 heterocycles. The fraction of sp³-hybridized carbons (Fsp3) is 0.357. The van der Waals surface area contributed by atoms with Crippen LogP contribution in [-0.4, -0.2) is 6.61 Å². The molecule has 0 spiro atoms. The highest BCUT2D eigenvalue weighted by atomic mass is 32.9. The Kier molecular flexibility index (Phi) is 4.20. The second kappa shape index (κ2) is 5.51. The molecule has 2 aromatic rings. The summed E-state index contributed by atoms with van der Waals surface area (Å²) < 4.78 is 6.68. The van der Waals surface area contributed by atoms with Gasteiger partial charge in [-0.2, -0.15) is 0 Å². The molecule has 1 nitrogen and oxygen atoms in total. The normalized spacial score (nSPS) is 10.7. The quantitative estimate of drug-likeness (QED) is 0.544. The van der Waals surface area contributed by atoms with Crippen molar-refractivity contribution in [1.82, 2.24) is 0 Å². The smallest absolute Gasteiger partial charge is 0.125 e. The third-order valence-corrected chi connectivity index (χ3v) is 6.23. The number of benzene rings is 1. The number of hydrogen-bond acceptors (Lipinski definition) is 4. The summed E-state index contributed by atoms with van der Waals surface area (Å²) in [6.45, 7) is 9.02. The molecule has 0 aliphatic carbocycles. The predicted octanol–water partition coefficient (Wildman–Crippen LogP) is 5.53. The lowest BCUT2D eigenvalue weighted by Crippen LogP contribution is -1.97. The van der Waals surface area contributed by atoms with Crippen molar-refractivity contribution in [2.45, 2.75) is 27.7 Å². The van der Waals surface area contributed by atoms with Crippen LogP contribution in [0, 0.1) is 24.6 Å². The second-order valence-corrected chi connectivity index (χ2v) is 7.10. The van der Waals surface area contributed by atoms with Gasteiger partial charge in [0, 0.05) is 0 Å². The van der Waals surface area contributed by atoms with Crippen LogP contribution < -0.4 is 4.74 Å². The van der Waals surface area contributed by atoms with Gasteiger partial charge in [0.25, 0.3) is 0 Å². The van der Waals surface area contributed by atoms with Crippen LogP contribution in [0.25, 0.3) is 10.4 Å². The first-order valence-corrected chi connectivity index (χ1v) is 8.44. The maximum atomic E-state index is 5.68. The third-order valence-electron chi connectivity index (χ3n) is 2.86. The molecule has 18 heavy (non-hydrogen) atoms. The Morgan fingerprint density at radius 2 is 1.72 bits per heavy atom. The summed E-state index contributed by atoms with van der Waals surface area (Å²) >= 11 is 5.31. The summed E-state index contributed by atoms with van der Waals surface area (Å²) in [7, 11) is 3.44. The Balaban J connectivity index is 2.54. The van der Waals surface area contributed by atoms with E-state index in [0.717, 1.165) is 9.57 Å². The molecule has 0 radical (unpaired) electrons. The highest BCUT2D eigenvalue weighted by Crippen LogP contribution is 2.37. The zero-order chi connectivity index (χ0) is 13.3. The molecule has 1 aromatic carbocycles. The first-order chi connectivity index (χ1) is 8.54. The van der Waals surface area contributed by atoms with Crippen LogP contribution in [-0.2, 0) is 0 Å². The van der Waals surface area contributed by atoms with E-state index in [1.807, 2.05) is 6.92 Å². The molecule has 4 heteroatoms. The van der Waals surface area contributed by atoms with Gasteiger partial charge in [-0.1, -0.05) is 32.9 Å². The number of rotatable bonds is 3. The van der Waals surface area contributed by atoms with Gasteiger partial charge in [0.15, 0.2) is 0 Å². The molecule has 0 atom stereocenters. The summed E-state index contributed by atoms with van der Waals surface area (Å²) in [5, 5.41) is 0. The summed E-state index contributed by atoms with van der Waals surface area (Å²) in [6, 6.07) is 4.39. The number of aryl methyl sites for hydroxylation is 2. The average molecular weight is 296 g/mol. The monoisotopic (exact) mass is 296 g/mol. The Hall–Kier alpha value is -0.710. The van der Waals surface area contributed by atoms with Gasteiger partial charge in [-0.3, -0.25) is 0 Å². The van der Waals surface area contributed by atoms with Crippen LogP contribution in [0.5, 0.6) is 5.75 Å². The van der Waals surface area contributed by atoms with E-state index < -0.39 is 0 Å². The van der Waals surface area contributed by atoms with Crippen LogP contribution in [0.1, 0.15) is 23.6 Å². The zero-order valence-electron chi connectivity index (χ0n) is 11.0. The van der Waals surface area contributed by atoms with E-state index in [4.69, 9.17) is 17.0 Å². The van der Waals surface area contributed by atoms with Crippen molar-refractivity contribution in [1.29, 1.82) is 0 Å². The van der Waals surface area contributed by atoms with Crippen molar-refractivity contribution in [3.8, 4) is 16.2 Å². The Morgan fingerprint density at radius 3 is 2.17 bits per heavy atom. The van der Waals surface area contributed by atoms with Gasteiger partial charge < -0.3 is 4.74 Å². The van der Waals surface area contributed by atoms with E-state index in [1.165, 1.54) is 27.1 Å². The minimum atomic E-state index is 0.706. The largest absolute Gasteiger partial charge is 0.493 e. The van der Waals surface area contributed by atoms with E-state index in [1.54, 1.807) is 20.7 Å². The molecular formula is C14H16OS3. The van der Waals surface area contributed by atoms with Crippen LogP contribution in [0.2, 0.25) is 0 Å². The van der Waals surface area contributed by atoms with Gasteiger partial charge >= 0.3 is 0 Å². The number of ether oxygens (including phenoxy) is 1. The number of hydrogen-bond donors (Lipinski definition) is 0.